The van der Waals surface area contributed by atoms with Crippen molar-refractivity contribution in [1.82, 2.24) is 5.32 Å². The van der Waals surface area contributed by atoms with Gasteiger partial charge >= 0.3 is 0 Å². The van der Waals surface area contributed by atoms with Gasteiger partial charge in [-0.3, -0.25) is 4.79 Å². The maximum Gasteiger partial charge on any atom is 0.249 e. The summed E-state index contributed by atoms with van der Waals surface area (Å²) < 4.78 is 12.8. The van der Waals surface area contributed by atoms with Crippen LogP contribution in [0.25, 0.3) is 0 Å². The van der Waals surface area contributed by atoms with E-state index in [1.807, 2.05) is 30.3 Å². The topological polar surface area (TPSA) is 67.8 Å². The van der Waals surface area contributed by atoms with Gasteiger partial charge in [0, 0.05) is 13.0 Å². The monoisotopic (exact) mass is 563 g/mol. The number of amides is 1. The Bertz CT molecular complexity index is 791. The van der Waals surface area contributed by atoms with E-state index in [2.05, 4.69) is 53.1 Å². The van der Waals surface area contributed by atoms with Crippen LogP contribution in [0.5, 0.6) is 11.5 Å². The summed E-state index contributed by atoms with van der Waals surface area (Å²) >= 11 is 10.3. The lowest BCUT2D eigenvalue weighted by atomic mass is 10.1. The van der Waals surface area contributed by atoms with E-state index in [4.69, 9.17) is 9.47 Å². The van der Waals surface area contributed by atoms with Gasteiger partial charge in [0.2, 0.25) is 5.91 Å². The smallest absolute Gasteiger partial charge is 0.249 e. The highest BCUT2D eigenvalue weighted by atomic mass is 79.9. The number of rotatable bonds is 8. The molecule has 0 aromatic heterocycles. The van der Waals surface area contributed by atoms with Crippen molar-refractivity contribution in [3.05, 3.63) is 54.9 Å². The number of methoxy groups -OCH3 is 2. The molecule has 0 aliphatic carbocycles. The van der Waals surface area contributed by atoms with Gasteiger partial charge in [-0.1, -0.05) is 6.07 Å². The Kier molecular flexibility index (Phi) is 8.60. The molecular weight excluding hydrogens is 546 g/mol. The van der Waals surface area contributed by atoms with Crippen molar-refractivity contribution in [2.45, 2.75) is 18.9 Å². The van der Waals surface area contributed by atoms with Crippen LogP contribution in [-0.4, -0.2) is 37.9 Å². The quantitative estimate of drug-likeness (QED) is 0.502. The number of hydrogen-bond donors (Lipinski definition) is 2. The average Bonchev–Trinajstić information content (AvgIpc) is 2.61. The normalized spacial score (nSPS) is 11.8. The molecule has 1 amide bonds. The first-order valence-electron chi connectivity index (χ1n) is 8.15. The second kappa shape index (κ2) is 10.5. The van der Waals surface area contributed by atoms with Crippen molar-refractivity contribution >= 4 is 53.7 Å². The number of benzene rings is 2. The van der Waals surface area contributed by atoms with Crippen molar-refractivity contribution < 1.29 is 19.4 Å². The van der Waals surface area contributed by atoms with E-state index < -0.39 is 12.0 Å². The molecule has 0 bridgehead atoms. The minimum absolute atomic E-state index is 0.209. The minimum atomic E-state index is -1.13. The summed E-state index contributed by atoms with van der Waals surface area (Å²) in [7, 11) is 3.19. The zero-order chi connectivity index (χ0) is 20.0. The Balaban J connectivity index is 1.88. The zero-order valence-corrected chi connectivity index (χ0v) is 19.6. The van der Waals surface area contributed by atoms with Crippen LogP contribution in [0.2, 0.25) is 0 Å². The number of nitrogens with one attached hydrogen (secondary N) is 1. The molecule has 0 fully saturated rings. The Labute approximate surface area is 183 Å². The largest absolute Gasteiger partial charge is 0.496 e. The van der Waals surface area contributed by atoms with E-state index in [1.54, 1.807) is 14.2 Å². The number of carbonyl (C=O) groups is 1. The number of hydrogen-bond acceptors (Lipinski definition) is 4. The highest BCUT2D eigenvalue weighted by Crippen LogP contribution is 2.34. The molecule has 0 heterocycles. The molecule has 2 aromatic rings. The summed E-state index contributed by atoms with van der Waals surface area (Å²) in [6.45, 7) is 0.435. The first kappa shape index (κ1) is 22.2. The van der Waals surface area contributed by atoms with Crippen LogP contribution in [0.4, 0.5) is 0 Å². The number of aliphatic hydroxyl groups is 1. The first-order chi connectivity index (χ1) is 12.8. The third-order valence-electron chi connectivity index (χ3n) is 3.92. The fourth-order valence-corrected chi connectivity index (χ4v) is 4.75. The Morgan fingerprint density at radius 3 is 2.22 bits per heavy atom. The van der Waals surface area contributed by atoms with E-state index in [9.17, 15) is 9.90 Å². The second-order valence-electron chi connectivity index (χ2n) is 5.82. The van der Waals surface area contributed by atoms with Crippen LogP contribution in [0.3, 0.4) is 0 Å². The van der Waals surface area contributed by atoms with Crippen LogP contribution in [0.15, 0.2) is 43.7 Å². The van der Waals surface area contributed by atoms with Gasteiger partial charge in [0.1, 0.15) is 17.6 Å². The summed E-state index contributed by atoms with van der Waals surface area (Å²) in [4.78, 5) is 12.2. The molecule has 0 spiro atoms. The van der Waals surface area contributed by atoms with Gasteiger partial charge < -0.3 is 19.9 Å². The molecule has 0 saturated carbocycles. The summed E-state index contributed by atoms with van der Waals surface area (Å²) in [6, 6.07) is 9.42. The fourth-order valence-electron chi connectivity index (χ4n) is 2.55. The van der Waals surface area contributed by atoms with Crippen LogP contribution in [0.1, 0.15) is 11.1 Å². The number of aliphatic hydroxyl groups excluding tert-OH is 1. The maximum absolute atomic E-state index is 12.2. The molecule has 0 saturated heterocycles. The van der Waals surface area contributed by atoms with Gasteiger partial charge in [0.15, 0.2) is 0 Å². The molecule has 5 nitrogen and oxygen atoms in total. The van der Waals surface area contributed by atoms with Gasteiger partial charge in [-0.05, 0) is 89.6 Å². The average molecular weight is 566 g/mol. The standard InChI is InChI=1S/C19H20Br3NO4/c1-26-17-4-3-11(7-13(17)20)5-6-23-19(25)16(24)10-12-8-14(21)18(27-2)15(22)9-12/h3-4,7-9,16,24H,5-6,10H2,1-2H3,(H,23,25)/t16-/m0/s1. The molecule has 0 unspecified atom stereocenters. The maximum atomic E-state index is 12.2. The molecule has 1 atom stereocenters. The molecule has 0 aliphatic rings. The second-order valence-corrected chi connectivity index (χ2v) is 8.39. The molecule has 27 heavy (non-hydrogen) atoms. The van der Waals surface area contributed by atoms with Gasteiger partial charge in [-0.15, -0.1) is 0 Å². The van der Waals surface area contributed by atoms with Gasteiger partial charge in [-0.2, -0.15) is 0 Å². The van der Waals surface area contributed by atoms with Crippen LogP contribution >= 0.6 is 47.8 Å². The summed E-state index contributed by atoms with van der Waals surface area (Å²) in [5.74, 6) is 1.03. The van der Waals surface area contributed by atoms with E-state index in [0.717, 1.165) is 30.3 Å². The molecule has 2 rings (SSSR count). The fraction of sp³-hybridized carbons (Fsp3) is 0.316. The predicted molar refractivity (Wildman–Crippen MR) is 116 cm³/mol. The summed E-state index contributed by atoms with van der Waals surface area (Å²) in [5.41, 5.74) is 1.87. The first-order valence-corrected chi connectivity index (χ1v) is 10.5. The van der Waals surface area contributed by atoms with Crippen molar-refractivity contribution in [3.8, 4) is 11.5 Å². The molecule has 0 radical (unpaired) electrons. The van der Waals surface area contributed by atoms with E-state index in [0.29, 0.717) is 18.7 Å². The van der Waals surface area contributed by atoms with Crippen molar-refractivity contribution in [2.24, 2.45) is 0 Å². The lowest BCUT2D eigenvalue weighted by molar-refractivity contribution is -0.129. The van der Waals surface area contributed by atoms with Crippen molar-refractivity contribution in [3.63, 3.8) is 0 Å². The van der Waals surface area contributed by atoms with Crippen LogP contribution in [-0.2, 0) is 17.6 Å². The third kappa shape index (κ3) is 6.20. The molecule has 2 N–H and O–H groups in total. The number of carbonyl (C=O) groups excluding carboxylic acids is 1. The molecule has 146 valence electrons. The zero-order valence-electron chi connectivity index (χ0n) is 14.9. The number of ether oxygens (including phenoxy) is 2. The molecular formula is C19H20Br3NO4. The van der Waals surface area contributed by atoms with Gasteiger partial charge in [-0.25, -0.2) is 0 Å². The Morgan fingerprint density at radius 2 is 1.67 bits per heavy atom. The third-order valence-corrected chi connectivity index (χ3v) is 5.72. The predicted octanol–water partition coefficient (Wildman–Crippen LogP) is 4.25. The van der Waals surface area contributed by atoms with Crippen molar-refractivity contribution in [1.29, 1.82) is 0 Å². The van der Waals surface area contributed by atoms with Crippen LogP contribution < -0.4 is 14.8 Å². The van der Waals surface area contributed by atoms with Crippen molar-refractivity contribution in [2.75, 3.05) is 20.8 Å². The van der Waals surface area contributed by atoms with Gasteiger partial charge in [0.05, 0.1) is 27.6 Å². The SMILES string of the molecule is COc1ccc(CCNC(=O)[C@@H](O)Cc2cc(Br)c(OC)c(Br)c2)cc1Br. The Morgan fingerprint density at radius 1 is 1.04 bits per heavy atom. The number of halogens is 3. The lowest BCUT2D eigenvalue weighted by Crippen LogP contribution is -2.37. The molecule has 0 aliphatic heterocycles. The van der Waals surface area contributed by atoms with E-state index >= 15 is 0 Å². The highest BCUT2D eigenvalue weighted by molar-refractivity contribution is 9.11. The summed E-state index contributed by atoms with van der Waals surface area (Å²) in [6.07, 6.45) is -0.262. The van der Waals surface area contributed by atoms with E-state index in [1.165, 1.54) is 0 Å². The highest BCUT2D eigenvalue weighted by Gasteiger charge is 2.17. The Hall–Kier alpha value is -1.09. The van der Waals surface area contributed by atoms with E-state index in [-0.39, 0.29) is 6.42 Å². The van der Waals surface area contributed by atoms with Gasteiger partial charge in [0.25, 0.3) is 0 Å². The minimum Gasteiger partial charge on any atom is -0.496 e. The lowest BCUT2D eigenvalue weighted by Gasteiger charge is -2.14. The molecule has 2 aromatic carbocycles. The molecule has 8 heteroatoms. The van der Waals surface area contributed by atoms with Crippen LogP contribution in [0, 0.1) is 0 Å². The summed E-state index contributed by atoms with van der Waals surface area (Å²) in [5, 5.41) is 13.0.